The van der Waals surface area contributed by atoms with Gasteiger partial charge in [0.2, 0.25) is 0 Å². The Kier molecular flexibility index (Phi) is 5.46. The number of carbonyl (C=O) groups is 3. The molecule has 1 aromatic carbocycles. The van der Waals surface area contributed by atoms with E-state index in [2.05, 4.69) is 0 Å². The number of cyclic esters (lactones) is 1. The number of phenolic OH excluding ortho intramolecular Hbond substituents is 1. The molecule has 0 saturated carbocycles. The number of carboxylic acids is 1. The van der Waals surface area contributed by atoms with E-state index in [4.69, 9.17) is 14.6 Å². The Morgan fingerprint density at radius 3 is 2.52 bits per heavy atom. The molecule has 0 saturated heterocycles. The van der Waals surface area contributed by atoms with Gasteiger partial charge in [-0.1, -0.05) is 11.6 Å². The van der Waals surface area contributed by atoms with Gasteiger partial charge < -0.3 is 19.7 Å². The van der Waals surface area contributed by atoms with E-state index in [0.29, 0.717) is 17.5 Å². The fourth-order valence-electron chi connectivity index (χ4n) is 2.86. The van der Waals surface area contributed by atoms with Crippen LogP contribution < -0.4 is 4.74 Å². The van der Waals surface area contributed by atoms with Crippen LogP contribution in [0.5, 0.6) is 11.5 Å². The van der Waals surface area contributed by atoms with Crippen LogP contribution in [0.4, 0.5) is 0 Å². The largest absolute Gasteiger partial charge is 0.507 e. The van der Waals surface area contributed by atoms with Crippen molar-refractivity contribution in [2.24, 2.45) is 0 Å². The van der Waals surface area contributed by atoms with Crippen molar-refractivity contribution in [1.82, 2.24) is 0 Å². The van der Waals surface area contributed by atoms with Crippen LogP contribution in [-0.4, -0.2) is 35.0 Å². The zero-order valence-electron chi connectivity index (χ0n) is 14.3. The molecule has 0 atom stereocenters. The number of esters is 1. The molecule has 0 bridgehead atoms. The molecule has 1 heterocycles. The number of Topliss-reactive ketones (excluding diaryl/α,β-unsaturated/α-hetero) is 1. The van der Waals surface area contributed by atoms with Gasteiger partial charge in [-0.25, -0.2) is 4.79 Å². The molecule has 2 rings (SSSR count). The van der Waals surface area contributed by atoms with Crippen molar-refractivity contribution in [2.75, 3.05) is 7.11 Å². The molecule has 25 heavy (non-hydrogen) atoms. The number of aromatic hydroxyl groups is 1. The molecule has 7 heteroatoms. The number of rotatable bonds is 7. The van der Waals surface area contributed by atoms with Crippen molar-refractivity contribution < 1.29 is 34.1 Å². The van der Waals surface area contributed by atoms with Gasteiger partial charge in [-0.15, -0.1) is 0 Å². The van der Waals surface area contributed by atoms with Crippen molar-refractivity contribution in [3.05, 3.63) is 33.9 Å². The number of methoxy groups -OCH3 is 1. The second-order valence-corrected chi connectivity index (χ2v) is 5.87. The van der Waals surface area contributed by atoms with Crippen molar-refractivity contribution in [3.8, 4) is 11.5 Å². The minimum absolute atomic E-state index is 0.000655. The summed E-state index contributed by atoms with van der Waals surface area (Å²) in [4.78, 5) is 34.6. The molecule has 134 valence electrons. The number of ether oxygens (including phenoxy) is 2. The lowest BCUT2D eigenvalue weighted by Crippen LogP contribution is -2.08. The lowest BCUT2D eigenvalue weighted by Gasteiger charge is -2.16. The molecular weight excluding hydrogens is 328 g/mol. The van der Waals surface area contributed by atoms with Gasteiger partial charge >= 0.3 is 11.9 Å². The minimum atomic E-state index is -0.896. The molecule has 0 aliphatic carbocycles. The normalized spacial score (nSPS) is 13.4. The molecule has 0 amide bonds. The van der Waals surface area contributed by atoms with Crippen LogP contribution in [-0.2, 0) is 22.6 Å². The van der Waals surface area contributed by atoms with Gasteiger partial charge in [0.25, 0.3) is 0 Å². The molecule has 1 aliphatic heterocycles. The van der Waals surface area contributed by atoms with E-state index in [-0.39, 0.29) is 47.9 Å². The highest BCUT2D eigenvalue weighted by molar-refractivity contribution is 6.06. The molecule has 0 unspecified atom stereocenters. The minimum Gasteiger partial charge on any atom is -0.507 e. The number of aliphatic carboxylic acids is 1. The first-order chi connectivity index (χ1) is 11.8. The molecule has 0 fully saturated rings. The first-order valence-corrected chi connectivity index (χ1v) is 7.78. The van der Waals surface area contributed by atoms with Crippen LogP contribution in [0.3, 0.4) is 0 Å². The van der Waals surface area contributed by atoms with Crippen LogP contribution in [0, 0.1) is 0 Å². The summed E-state index contributed by atoms with van der Waals surface area (Å²) in [5, 5.41) is 19.2. The van der Waals surface area contributed by atoms with Gasteiger partial charge in [0.1, 0.15) is 23.7 Å². The molecule has 0 aromatic heterocycles. The molecule has 7 nitrogen and oxygen atoms in total. The van der Waals surface area contributed by atoms with E-state index in [9.17, 15) is 19.5 Å². The number of benzene rings is 1. The molecule has 1 aromatic rings. The summed E-state index contributed by atoms with van der Waals surface area (Å²) in [7, 11) is 1.38. The topological polar surface area (TPSA) is 110 Å². The third-order valence-corrected chi connectivity index (χ3v) is 4.12. The lowest BCUT2D eigenvalue weighted by molar-refractivity contribution is -0.136. The number of carboxylic acid groups (broad SMARTS) is 1. The van der Waals surface area contributed by atoms with Gasteiger partial charge in [-0.05, 0) is 26.7 Å². The van der Waals surface area contributed by atoms with E-state index in [1.807, 2.05) is 0 Å². The molecule has 0 spiro atoms. The summed E-state index contributed by atoms with van der Waals surface area (Å²) in [5.41, 5.74) is 1.68. The lowest BCUT2D eigenvalue weighted by atomic mass is 9.92. The first-order valence-electron chi connectivity index (χ1n) is 7.78. The highest BCUT2D eigenvalue weighted by atomic mass is 16.5. The first kappa shape index (κ1) is 18.5. The van der Waals surface area contributed by atoms with Gasteiger partial charge in [-0.2, -0.15) is 0 Å². The Morgan fingerprint density at radius 2 is 1.96 bits per heavy atom. The van der Waals surface area contributed by atoms with Crippen molar-refractivity contribution in [1.29, 1.82) is 0 Å². The van der Waals surface area contributed by atoms with Crippen molar-refractivity contribution >= 4 is 17.7 Å². The smallest absolute Gasteiger partial charge is 0.342 e. The van der Waals surface area contributed by atoms with E-state index in [1.165, 1.54) is 14.0 Å². The third-order valence-electron chi connectivity index (χ3n) is 4.12. The van der Waals surface area contributed by atoms with Crippen LogP contribution in [0.1, 0.15) is 58.5 Å². The summed E-state index contributed by atoms with van der Waals surface area (Å²) < 4.78 is 10.3. The SMILES string of the molecule is COc1c(C/C=C(\C)CCC(=O)O)c(O)c2c(c1C(C)=O)COC2=O. The van der Waals surface area contributed by atoms with Crippen molar-refractivity contribution in [2.45, 2.75) is 39.7 Å². The highest BCUT2D eigenvalue weighted by Gasteiger charge is 2.34. The van der Waals surface area contributed by atoms with Gasteiger partial charge in [0.15, 0.2) is 5.78 Å². The summed E-state index contributed by atoms with van der Waals surface area (Å²) in [6.45, 7) is 3.05. The number of ketones is 1. The van der Waals surface area contributed by atoms with Gasteiger partial charge in [0, 0.05) is 17.5 Å². The summed E-state index contributed by atoms with van der Waals surface area (Å²) in [6.07, 6.45) is 2.31. The van der Waals surface area contributed by atoms with E-state index < -0.39 is 11.9 Å². The van der Waals surface area contributed by atoms with Crippen LogP contribution in [0.2, 0.25) is 0 Å². The average Bonchev–Trinajstić information content (AvgIpc) is 2.92. The molecule has 0 radical (unpaired) electrons. The monoisotopic (exact) mass is 348 g/mol. The van der Waals surface area contributed by atoms with E-state index in [0.717, 1.165) is 5.57 Å². The fraction of sp³-hybridized carbons (Fsp3) is 0.389. The Morgan fingerprint density at radius 1 is 1.28 bits per heavy atom. The number of allylic oxidation sites excluding steroid dienone is 2. The zero-order valence-corrected chi connectivity index (χ0v) is 14.3. The Balaban J connectivity index is 2.50. The maximum Gasteiger partial charge on any atom is 0.342 e. The summed E-state index contributed by atoms with van der Waals surface area (Å²) >= 11 is 0. The maximum atomic E-state index is 12.1. The van der Waals surface area contributed by atoms with E-state index in [1.54, 1.807) is 13.0 Å². The predicted molar refractivity (Wildman–Crippen MR) is 88.1 cm³/mol. The number of phenols is 1. The van der Waals surface area contributed by atoms with Crippen LogP contribution >= 0.6 is 0 Å². The summed E-state index contributed by atoms with van der Waals surface area (Å²) in [5.74, 6) is -1.91. The Hall–Kier alpha value is -2.83. The second kappa shape index (κ2) is 7.38. The quantitative estimate of drug-likeness (QED) is 0.443. The van der Waals surface area contributed by atoms with Crippen LogP contribution in [0.25, 0.3) is 0 Å². The molecule has 1 aliphatic rings. The standard InChI is InChI=1S/C18H20O7/c1-9(5-7-13(20)21)4-6-11-16(22)15-12(8-25-18(15)23)14(10(2)19)17(11)24-3/h4,22H,5-8H2,1-3H3,(H,20,21)/b9-4+. The maximum absolute atomic E-state index is 12.1. The summed E-state index contributed by atoms with van der Waals surface area (Å²) in [6, 6.07) is 0. The highest BCUT2D eigenvalue weighted by Crippen LogP contribution is 2.42. The Labute approximate surface area is 144 Å². The molecular formula is C18H20O7. The van der Waals surface area contributed by atoms with Gasteiger partial charge in [-0.3, -0.25) is 9.59 Å². The average molecular weight is 348 g/mol. The zero-order chi connectivity index (χ0) is 18.7. The third kappa shape index (κ3) is 3.65. The van der Waals surface area contributed by atoms with Crippen molar-refractivity contribution in [3.63, 3.8) is 0 Å². The Bertz CT molecular complexity index is 774. The number of fused-ring (bicyclic) bond motifs is 1. The van der Waals surface area contributed by atoms with Gasteiger partial charge in [0.05, 0.1) is 12.7 Å². The van der Waals surface area contributed by atoms with Crippen LogP contribution in [0.15, 0.2) is 11.6 Å². The fourth-order valence-corrected chi connectivity index (χ4v) is 2.86. The molecule has 2 N–H and O–H groups in total. The second-order valence-electron chi connectivity index (χ2n) is 5.87. The van der Waals surface area contributed by atoms with E-state index >= 15 is 0 Å². The number of carbonyl (C=O) groups excluding carboxylic acids is 2. The number of hydrogen-bond acceptors (Lipinski definition) is 6. The number of hydrogen-bond donors (Lipinski definition) is 2. The predicted octanol–water partition coefficient (Wildman–Crippen LogP) is 2.63.